The van der Waals surface area contributed by atoms with Gasteiger partial charge in [0.2, 0.25) is 5.91 Å². The predicted molar refractivity (Wildman–Crippen MR) is 82.7 cm³/mol. The Morgan fingerprint density at radius 1 is 1.38 bits per heavy atom. The first-order valence-electron chi connectivity index (χ1n) is 7.25. The highest BCUT2D eigenvalue weighted by atomic mass is 35.5. The summed E-state index contributed by atoms with van der Waals surface area (Å²) in [5.41, 5.74) is 0.249. The minimum atomic E-state index is -0.385. The number of H-pyrrole nitrogens is 1. The van der Waals surface area contributed by atoms with Crippen molar-refractivity contribution in [3.05, 3.63) is 21.6 Å². The molecule has 116 valence electrons. The molecule has 1 aliphatic heterocycles. The molecule has 0 aliphatic carbocycles. The first kappa shape index (κ1) is 15.8. The molecule has 1 aliphatic rings. The van der Waals surface area contributed by atoms with Crippen molar-refractivity contribution in [3.8, 4) is 0 Å². The Kier molecular flexibility index (Phi) is 5.22. The Balaban J connectivity index is 1.93. The van der Waals surface area contributed by atoms with E-state index in [1.807, 2.05) is 9.80 Å². The van der Waals surface area contributed by atoms with Crippen LogP contribution in [0.1, 0.15) is 26.7 Å². The van der Waals surface area contributed by atoms with Gasteiger partial charge >= 0.3 is 0 Å². The average molecular weight is 313 g/mol. The summed E-state index contributed by atoms with van der Waals surface area (Å²) in [6.45, 7) is 6.87. The minimum absolute atomic E-state index is 0.157. The molecule has 6 nitrogen and oxygen atoms in total. The van der Waals surface area contributed by atoms with Gasteiger partial charge in [-0.3, -0.25) is 9.59 Å². The van der Waals surface area contributed by atoms with E-state index < -0.39 is 0 Å². The van der Waals surface area contributed by atoms with E-state index in [1.165, 1.54) is 0 Å². The summed E-state index contributed by atoms with van der Waals surface area (Å²) in [7, 11) is 0. The number of hydrogen-bond donors (Lipinski definition) is 1. The van der Waals surface area contributed by atoms with E-state index in [-0.39, 0.29) is 16.5 Å². The van der Waals surface area contributed by atoms with Crippen molar-refractivity contribution >= 4 is 23.2 Å². The lowest BCUT2D eigenvalue weighted by Crippen LogP contribution is -2.49. The topological polar surface area (TPSA) is 69.3 Å². The molecule has 0 aromatic carbocycles. The van der Waals surface area contributed by atoms with Gasteiger partial charge in [0.1, 0.15) is 5.02 Å². The Bertz CT molecular complexity index is 550. The van der Waals surface area contributed by atoms with E-state index in [0.29, 0.717) is 44.2 Å². The van der Waals surface area contributed by atoms with Gasteiger partial charge in [-0.2, -0.15) is 5.10 Å². The van der Waals surface area contributed by atoms with E-state index in [2.05, 4.69) is 24.0 Å². The molecule has 1 amide bonds. The molecule has 0 radical (unpaired) electrons. The van der Waals surface area contributed by atoms with Gasteiger partial charge in [0.15, 0.2) is 0 Å². The highest BCUT2D eigenvalue weighted by molar-refractivity contribution is 6.33. The zero-order valence-electron chi connectivity index (χ0n) is 12.4. The molecular weight excluding hydrogens is 292 g/mol. The predicted octanol–water partition coefficient (Wildman–Crippen LogP) is 1.51. The van der Waals surface area contributed by atoms with Crippen molar-refractivity contribution in [2.75, 3.05) is 31.1 Å². The summed E-state index contributed by atoms with van der Waals surface area (Å²) in [6, 6.07) is 0. The van der Waals surface area contributed by atoms with Gasteiger partial charge in [-0.05, 0) is 12.3 Å². The normalized spacial score (nSPS) is 15.6. The quantitative estimate of drug-likeness (QED) is 0.915. The number of piperazine rings is 1. The first-order chi connectivity index (χ1) is 9.99. The Morgan fingerprint density at radius 3 is 2.67 bits per heavy atom. The lowest BCUT2D eigenvalue weighted by Gasteiger charge is -2.36. The van der Waals surface area contributed by atoms with E-state index in [9.17, 15) is 9.59 Å². The summed E-state index contributed by atoms with van der Waals surface area (Å²) in [5.74, 6) is 0.745. The van der Waals surface area contributed by atoms with Gasteiger partial charge in [-0.25, -0.2) is 5.10 Å². The van der Waals surface area contributed by atoms with Crippen LogP contribution in [0.4, 0.5) is 5.69 Å². The number of aromatic nitrogens is 2. The van der Waals surface area contributed by atoms with Gasteiger partial charge in [0.05, 0.1) is 11.9 Å². The zero-order chi connectivity index (χ0) is 15.4. The second-order valence-corrected chi connectivity index (χ2v) is 6.08. The van der Waals surface area contributed by atoms with E-state index >= 15 is 0 Å². The standard InChI is InChI=1S/C14H21ClN4O2/c1-10(2)3-4-12(20)19-7-5-18(6-8-19)11-9-16-17-14(21)13(11)15/h9-10H,3-8H2,1-2H3,(H,17,21). The van der Waals surface area contributed by atoms with E-state index in [1.54, 1.807) is 6.20 Å². The molecule has 0 unspecified atom stereocenters. The highest BCUT2D eigenvalue weighted by Gasteiger charge is 2.23. The van der Waals surface area contributed by atoms with Crippen LogP contribution in [0, 0.1) is 5.92 Å². The largest absolute Gasteiger partial charge is 0.365 e. The number of rotatable bonds is 4. The van der Waals surface area contributed by atoms with Crippen molar-refractivity contribution in [2.24, 2.45) is 5.92 Å². The molecule has 1 aromatic rings. The van der Waals surface area contributed by atoms with Gasteiger partial charge in [-0.15, -0.1) is 0 Å². The van der Waals surface area contributed by atoms with Crippen molar-refractivity contribution in [2.45, 2.75) is 26.7 Å². The molecule has 2 rings (SSSR count). The van der Waals surface area contributed by atoms with Crippen LogP contribution in [-0.4, -0.2) is 47.2 Å². The van der Waals surface area contributed by atoms with Gasteiger partial charge in [-0.1, -0.05) is 25.4 Å². The minimum Gasteiger partial charge on any atom is -0.365 e. The Morgan fingerprint density at radius 2 is 2.05 bits per heavy atom. The van der Waals surface area contributed by atoms with Crippen LogP contribution in [-0.2, 0) is 4.79 Å². The van der Waals surface area contributed by atoms with Crippen LogP contribution in [0.3, 0.4) is 0 Å². The molecule has 7 heteroatoms. The molecule has 0 spiro atoms. The molecule has 21 heavy (non-hydrogen) atoms. The summed E-state index contributed by atoms with van der Waals surface area (Å²) in [5, 5.41) is 6.24. The Hall–Kier alpha value is -1.56. The Labute approximate surface area is 129 Å². The third-order valence-electron chi connectivity index (χ3n) is 3.69. The third kappa shape index (κ3) is 3.97. The van der Waals surface area contributed by atoms with E-state index in [4.69, 9.17) is 11.6 Å². The first-order valence-corrected chi connectivity index (χ1v) is 7.62. The van der Waals surface area contributed by atoms with Gasteiger partial charge in [0.25, 0.3) is 5.56 Å². The zero-order valence-corrected chi connectivity index (χ0v) is 13.2. The van der Waals surface area contributed by atoms with Crippen LogP contribution in [0.25, 0.3) is 0 Å². The second kappa shape index (κ2) is 6.93. The number of hydrogen-bond acceptors (Lipinski definition) is 4. The number of amides is 1. The second-order valence-electron chi connectivity index (χ2n) is 5.70. The van der Waals surface area contributed by atoms with Crippen LogP contribution in [0.15, 0.2) is 11.0 Å². The van der Waals surface area contributed by atoms with Crippen LogP contribution in [0.5, 0.6) is 0 Å². The third-order valence-corrected chi connectivity index (χ3v) is 4.05. The molecule has 0 atom stereocenters. The van der Waals surface area contributed by atoms with Crippen LogP contribution < -0.4 is 10.5 Å². The number of aromatic amines is 1. The number of anilines is 1. The number of nitrogens with one attached hydrogen (secondary N) is 1. The number of nitrogens with zero attached hydrogens (tertiary/aromatic N) is 3. The van der Waals surface area contributed by atoms with Crippen molar-refractivity contribution in [1.29, 1.82) is 0 Å². The lowest BCUT2D eigenvalue weighted by molar-refractivity contribution is -0.131. The number of carbonyl (C=O) groups is 1. The molecule has 1 N–H and O–H groups in total. The smallest absolute Gasteiger partial charge is 0.285 e. The molecule has 1 fully saturated rings. The summed E-state index contributed by atoms with van der Waals surface area (Å²) >= 11 is 6.00. The van der Waals surface area contributed by atoms with Crippen LogP contribution >= 0.6 is 11.6 Å². The maximum Gasteiger partial charge on any atom is 0.285 e. The molecule has 1 aromatic heterocycles. The van der Waals surface area contributed by atoms with Gasteiger partial charge in [0, 0.05) is 32.6 Å². The van der Waals surface area contributed by atoms with Crippen molar-refractivity contribution in [3.63, 3.8) is 0 Å². The van der Waals surface area contributed by atoms with Crippen molar-refractivity contribution in [1.82, 2.24) is 15.1 Å². The summed E-state index contributed by atoms with van der Waals surface area (Å²) in [4.78, 5) is 27.4. The molecule has 2 heterocycles. The summed E-state index contributed by atoms with van der Waals surface area (Å²) < 4.78 is 0. The fourth-order valence-corrected chi connectivity index (χ4v) is 2.57. The lowest BCUT2D eigenvalue weighted by atomic mass is 10.1. The highest BCUT2D eigenvalue weighted by Crippen LogP contribution is 2.22. The van der Waals surface area contributed by atoms with Crippen LogP contribution in [0.2, 0.25) is 5.02 Å². The van der Waals surface area contributed by atoms with Gasteiger partial charge < -0.3 is 9.80 Å². The number of carbonyl (C=O) groups excluding carboxylic acids is 1. The fraction of sp³-hybridized carbons (Fsp3) is 0.643. The maximum atomic E-state index is 12.1. The summed E-state index contributed by atoms with van der Waals surface area (Å²) in [6.07, 6.45) is 3.08. The maximum absolute atomic E-state index is 12.1. The molecular formula is C14H21ClN4O2. The van der Waals surface area contributed by atoms with E-state index in [0.717, 1.165) is 6.42 Å². The monoisotopic (exact) mass is 312 g/mol. The number of halogens is 1. The fourth-order valence-electron chi connectivity index (χ4n) is 2.36. The van der Waals surface area contributed by atoms with Crippen molar-refractivity contribution < 1.29 is 4.79 Å². The molecule has 0 bridgehead atoms. The SMILES string of the molecule is CC(C)CCC(=O)N1CCN(c2cn[nH]c(=O)c2Cl)CC1. The molecule has 0 saturated carbocycles. The molecule has 1 saturated heterocycles. The average Bonchev–Trinajstić information content (AvgIpc) is 2.48.